The Morgan fingerprint density at radius 1 is 1.21 bits per heavy atom. The average molecular weight is 301 g/mol. The molecule has 14 heavy (non-hydrogen) atoms. The van der Waals surface area contributed by atoms with Crippen molar-refractivity contribution in [1.82, 2.24) is 0 Å². The Labute approximate surface area is 97.3 Å². The van der Waals surface area contributed by atoms with E-state index in [1.54, 1.807) is 0 Å². The summed E-state index contributed by atoms with van der Waals surface area (Å²) in [7, 11) is 0. The molecule has 0 unspecified atom stereocenters. The topological polar surface area (TPSA) is 21.6 Å². The van der Waals surface area contributed by atoms with E-state index in [-0.39, 0.29) is 5.60 Å². The van der Waals surface area contributed by atoms with Crippen LogP contribution in [-0.4, -0.2) is 39.7 Å². The predicted molar refractivity (Wildman–Crippen MR) is 65.5 cm³/mol. The minimum atomic E-state index is -1.63. The van der Waals surface area contributed by atoms with Crippen LogP contribution in [0.2, 0.25) is 9.36 Å². The zero-order chi connectivity index (χ0) is 11.2. The standard InChI is InChI=1S/C9H18NO.2CH3.In/c1-5-9(11,6-2)8(4)10-7-3;;;/h5-7H2,1-4H3;2*1H3;/q-1;;;+1. The third-order valence-electron chi connectivity index (χ3n) is 2.66. The Balaban J connectivity index is 4.77. The molecule has 0 bridgehead atoms. The van der Waals surface area contributed by atoms with Gasteiger partial charge in [0.05, 0.1) is 0 Å². The van der Waals surface area contributed by atoms with Crippen LogP contribution in [0, 0.1) is 0 Å². The molecule has 82 valence electrons. The number of hydrogen-bond donors (Lipinski definition) is 0. The van der Waals surface area contributed by atoms with Crippen LogP contribution in [0.3, 0.4) is 0 Å². The SMILES string of the molecule is CCN=C(C)C(CC)(CC)[O][In]([CH3])[CH3]. The van der Waals surface area contributed by atoms with Crippen molar-refractivity contribution in [3.63, 3.8) is 0 Å². The Morgan fingerprint density at radius 3 is 2.00 bits per heavy atom. The summed E-state index contributed by atoms with van der Waals surface area (Å²) >= 11 is -1.63. The van der Waals surface area contributed by atoms with E-state index in [0.29, 0.717) is 0 Å². The van der Waals surface area contributed by atoms with E-state index >= 15 is 0 Å². The quantitative estimate of drug-likeness (QED) is 0.690. The van der Waals surface area contributed by atoms with Crippen LogP contribution in [0.15, 0.2) is 4.99 Å². The van der Waals surface area contributed by atoms with Gasteiger partial charge in [0.25, 0.3) is 0 Å². The van der Waals surface area contributed by atoms with Crippen molar-refractivity contribution < 1.29 is 2.85 Å². The first-order valence-electron chi connectivity index (χ1n) is 5.71. The Hall–Kier alpha value is 0.500. The molecule has 0 fully saturated rings. The fourth-order valence-electron chi connectivity index (χ4n) is 1.85. The molecule has 0 aliphatic rings. The molecule has 3 heteroatoms. The van der Waals surface area contributed by atoms with E-state index < -0.39 is 21.9 Å². The van der Waals surface area contributed by atoms with E-state index in [1.165, 1.54) is 5.71 Å². The number of nitrogens with zero attached hydrogens (tertiary/aromatic N) is 1. The van der Waals surface area contributed by atoms with E-state index in [2.05, 4.69) is 42.0 Å². The molecule has 0 heterocycles. The molecular formula is C11H24InNO. The fourth-order valence-corrected chi connectivity index (χ4v) is 5.86. The number of hydrogen-bond acceptors (Lipinski definition) is 2. The van der Waals surface area contributed by atoms with E-state index in [0.717, 1.165) is 19.4 Å². The summed E-state index contributed by atoms with van der Waals surface area (Å²) in [6, 6.07) is 0. The second-order valence-corrected chi connectivity index (χ2v) is 10.6. The van der Waals surface area contributed by atoms with Crippen LogP contribution in [0.5, 0.6) is 0 Å². The van der Waals surface area contributed by atoms with Crippen LogP contribution < -0.4 is 0 Å². The summed E-state index contributed by atoms with van der Waals surface area (Å²) < 4.78 is 10.8. The van der Waals surface area contributed by atoms with Crippen molar-refractivity contribution in [3.8, 4) is 0 Å². The van der Waals surface area contributed by atoms with Crippen LogP contribution in [-0.2, 0) is 2.85 Å². The molecule has 0 N–H and O–H groups in total. The Morgan fingerprint density at radius 2 is 1.71 bits per heavy atom. The summed E-state index contributed by atoms with van der Waals surface area (Å²) in [6.07, 6.45) is 2.10. The van der Waals surface area contributed by atoms with Gasteiger partial charge in [0.15, 0.2) is 0 Å². The molecule has 0 aliphatic carbocycles. The second-order valence-electron chi connectivity index (χ2n) is 3.93. The van der Waals surface area contributed by atoms with Gasteiger partial charge in [0.1, 0.15) is 0 Å². The first kappa shape index (κ1) is 14.5. The van der Waals surface area contributed by atoms with E-state index in [1.807, 2.05) is 0 Å². The number of rotatable bonds is 6. The monoisotopic (exact) mass is 301 g/mol. The fraction of sp³-hybridized carbons (Fsp3) is 0.909. The predicted octanol–water partition coefficient (Wildman–Crippen LogP) is 3.29. The van der Waals surface area contributed by atoms with E-state index in [4.69, 9.17) is 2.85 Å². The average Bonchev–Trinajstić information content (AvgIpc) is 2.14. The van der Waals surface area contributed by atoms with E-state index in [9.17, 15) is 0 Å². The van der Waals surface area contributed by atoms with Crippen LogP contribution in [0.4, 0.5) is 0 Å². The van der Waals surface area contributed by atoms with Gasteiger partial charge in [-0.05, 0) is 0 Å². The first-order valence-corrected chi connectivity index (χ1v) is 13.6. The summed E-state index contributed by atoms with van der Waals surface area (Å²) in [5.74, 6) is 0. The first-order chi connectivity index (χ1) is 6.52. The van der Waals surface area contributed by atoms with Crippen molar-refractivity contribution in [3.05, 3.63) is 0 Å². The zero-order valence-electron chi connectivity index (χ0n) is 10.6. The molecule has 0 saturated carbocycles. The van der Waals surface area contributed by atoms with Crippen LogP contribution in [0.25, 0.3) is 0 Å². The molecular weight excluding hydrogens is 277 g/mol. The maximum atomic E-state index is 6.23. The molecule has 0 aromatic heterocycles. The molecule has 0 aromatic rings. The van der Waals surface area contributed by atoms with Crippen molar-refractivity contribution in [2.75, 3.05) is 6.54 Å². The number of aliphatic imine (C=N–C) groups is 1. The van der Waals surface area contributed by atoms with Gasteiger partial charge in [0, 0.05) is 0 Å². The molecule has 2 nitrogen and oxygen atoms in total. The molecule has 0 saturated heterocycles. The summed E-state index contributed by atoms with van der Waals surface area (Å²) in [5, 5.41) is 0. The van der Waals surface area contributed by atoms with Crippen molar-refractivity contribution in [2.24, 2.45) is 4.99 Å². The van der Waals surface area contributed by atoms with Crippen LogP contribution in [0.1, 0.15) is 40.5 Å². The summed E-state index contributed by atoms with van der Waals surface area (Å²) in [4.78, 5) is 4.52. The van der Waals surface area contributed by atoms with Crippen molar-refractivity contribution in [2.45, 2.75) is 55.5 Å². The minimum absolute atomic E-state index is 0.0414. The molecule has 0 amide bonds. The third kappa shape index (κ3) is 3.93. The van der Waals surface area contributed by atoms with Gasteiger partial charge in [-0.1, -0.05) is 0 Å². The van der Waals surface area contributed by atoms with Crippen LogP contribution >= 0.6 is 0 Å². The molecule has 0 rings (SSSR count). The summed E-state index contributed by atoms with van der Waals surface area (Å²) in [5.41, 5.74) is 1.15. The normalized spacial score (nSPS) is 13.1. The zero-order valence-corrected chi connectivity index (χ0v) is 13.8. The second kappa shape index (κ2) is 6.89. The van der Waals surface area contributed by atoms with Crippen molar-refractivity contribution in [1.29, 1.82) is 0 Å². The van der Waals surface area contributed by atoms with Gasteiger partial charge >= 0.3 is 97.5 Å². The van der Waals surface area contributed by atoms with Gasteiger partial charge in [-0.25, -0.2) is 0 Å². The van der Waals surface area contributed by atoms with Gasteiger partial charge < -0.3 is 0 Å². The van der Waals surface area contributed by atoms with Gasteiger partial charge in [0.2, 0.25) is 0 Å². The van der Waals surface area contributed by atoms with Gasteiger partial charge in [-0.2, -0.15) is 0 Å². The Kier molecular flexibility index (Phi) is 7.13. The third-order valence-corrected chi connectivity index (χ3v) is 5.29. The summed E-state index contributed by atoms with van der Waals surface area (Å²) in [6.45, 7) is 9.46. The molecule has 0 aromatic carbocycles. The molecule has 0 radical (unpaired) electrons. The van der Waals surface area contributed by atoms with Gasteiger partial charge in [-0.15, -0.1) is 0 Å². The van der Waals surface area contributed by atoms with Gasteiger partial charge in [-0.3, -0.25) is 0 Å². The molecule has 0 spiro atoms. The Bertz CT molecular complexity index is 186. The molecule has 0 aliphatic heterocycles. The van der Waals surface area contributed by atoms with Crippen molar-refractivity contribution >= 4 is 27.6 Å². The maximum absolute atomic E-state index is 6.23. The molecule has 0 atom stereocenters.